The van der Waals surface area contributed by atoms with Crippen LogP contribution in [0.15, 0.2) is 59.5 Å². The van der Waals surface area contributed by atoms with Crippen molar-refractivity contribution in [2.45, 2.75) is 44.2 Å². The van der Waals surface area contributed by atoms with Crippen molar-refractivity contribution < 1.29 is 31.2 Å². The highest BCUT2D eigenvalue weighted by Crippen LogP contribution is 2.21. The molecular weight excluding hydrogens is 457 g/mol. The van der Waals surface area contributed by atoms with Gasteiger partial charge in [-0.15, -0.1) is 0 Å². The number of alkyl halides is 3. The summed E-state index contributed by atoms with van der Waals surface area (Å²) in [5, 5.41) is 0. The summed E-state index contributed by atoms with van der Waals surface area (Å²) in [5.74, 6) is -2.14. The summed E-state index contributed by atoms with van der Waals surface area (Å²) in [7, 11) is -3.81. The van der Waals surface area contributed by atoms with E-state index < -0.39 is 34.6 Å². The Hall–Kier alpha value is -2.72. The highest BCUT2D eigenvalue weighted by atomic mass is 32.2. The molecule has 0 aliphatic rings. The lowest BCUT2D eigenvalue weighted by molar-refractivity contribution is -0.155. The lowest BCUT2D eigenvalue weighted by Crippen LogP contribution is -2.44. The van der Waals surface area contributed by atoms with Crippen molar-refractivity contribution in [1.82, 2.24) is 9.21 Å². The topological polar surface area (TPSA) is 74.8 Å². The summed E-state index contributed by atoms with van der Waals surface area (Å²) < 4.78 is 66.3. The first-order chi connectivity index (χ1) is 15.5. The Kier molecular flexibility index (Phi) is 9.18. The predicted octanol–water partition coefficient (Wildman–Crippen LogP) is 4.27. The van der Waals surface area contributed by atoms with Gasteiger partial charge in [-0.05, 0) is 42.7 Å². The SMILES string of the molecule is CCCN(CCC)S(=O)(=O)c1ccc(C(=O)N(CC(F)(F)F)C(=O)Cc2ccccc2)cc1. The van der Waals surface area contributed by atoms with Crippen LogP contribution < -0.4 is 0 Å². The Labute approximate surface area is 192 Å². The van der Waals surface area contributed by atoms with E-state index in [0.29, 0.717) is 31.5 Å². The first-order valence-electron chi connectivity index (χ1n) is 10.5. The minimum absolute atomic E-state index is 0.0704. The maximum absolute atomic E-state index is 13.1. The lowest BCUT2D eigenvalue weighted by Gasteiger charge is -2.23. The first-order valence-corrected chi connectivity index (χ1v) is 12.0. The van der Waals surface area contributed by atoms with Gasteiger partial charge in [0.05, 0.1) is 11.3 Å². The van der Waals surface area contributed by atoms with Gasteiger partial charge in [0.1, 0.15) is 6.54 Å². The van der Waals surface area contributed by atoms with E-state index in [4.69, 9.17) is 0 Å². The molecular formula is C23H27F3N2O4S. The van der Waals surface area contributed by atoms with Crippen LogP contribution in [0.3, 0.4) is 0 Å². The summed E-state index contributed by atoms with van der Waals surface area (Å²) in [6.45, 7) is 2.61. The van der Waals surface area contributed by atoms with Gasteiger partial charge in [0.15, 0.2) is 0 Å². The van der Waals surface area contributed by atoms with Gasteiger partial charge >= 0.3 is 6.18 Å². The van der Waals surface area contributed by atoms with Gasteiger partial charge in [0, 0.05) is 18.7 Å². The number of benzene rings is 2. The third kappa shape index (κ3) is 7.40. The molecule has 0 N–H and O–H groups in total. The molecule has 0 unspecified atom stereocenters. The fourth-order valence-corrected chi connectivity index (χ4v) is 4.87. The molecule has 0 atom stereocenters. The molecule has 0 aromatic heterocycles. The summed E-state index contributed by atoms with van der Waals surface area (Å²) >= 11 is 0. The number of hydrogen-bond donors (Lipinski definition) is 0. The van der Waals surface area contributed by atoms with Crippen molar-refractivity contribution in [2.24, 2.45) is 0 Å². The van der Waals surface area contributed by atoms with Crippen LogP contribution in [0.5, 0.6) is 0 Å². The fraction of sp³-hybridized carbons (Fsp3) is 0.391. The minimum Gasteiger partial charge on any atom is -0.274 e. The molecule has 33 heavy (non-hydrogen) atoms. The van der Waals surface area contributed by atoms with Gasteiger partial charge in [-0.1, -0.05) is 44.2 Å². The van der Waals surface area contributed by atoms with Crippen LogP contribution in [0.4, 0.5) is 13.2 Å². The second-order valence-electron chi connectivity index (χ2n) is 7.49. The Morgan fingerprint density at radius 2 is 1.42 bits per heavy atom. The van der Waals surface area contributed by atoms with Gasteiger partial charge in [-0.25, -0.2) is 8.42 Å². The van der Waals surface area contributed by atoms with Gasteiger partial charge in [-0.3, -0.25) is 14.5 Å². The van der Waals surface area contributed by atoms with E-state index >= 15 is 0 Å². The number of rotatable bonds is 10. The van der Waals surface area contributed by atoms with Crippen LogP contribution in [-0.2, 0) is 21.2 Å². The Morgan fingerprint density at radius 3 is 1.91 bits per heavy atom. The largest absolute Gasteiger partial charge is 0.406 e. The Bertz CT molecular complexity index is 1030. The fourth-order valence-electron chi connectivity index (χ4n) is 3.24. The molecule has 2 aromatic carbocycles. The summed E-state index contributed by atoms with van der Waals surface area (Å²) in [6, 6.07) is 12.7. The molecule has 0 bridgehead atoms. The van der Waals surface area contributed by atoms with Gasteiger partial charge in [0.2, 0.25) is 15.9 Å². The molecule has 2 aromatic rings. The van der Waals surface area contributed by atoms with Crippen molar-refractivity contribution in [3.63, 3.8) is 0 Å². The normalized spacial score (nSPS) is 12.1. The number of carbonyl (C=O) groups excluding carboxylic acids is 2. The number of nitrogens with zero attached hydrogens (tertiary/aromatic N) is 2. The number of amides is 2. The predicted molar refractivity (Wildman–Crippen MR) is 118 cm³/mol. The molecule has 0 heterocycles. The number of imide groups is 1. The zero-order chi connectivity index (χ0) is 24.6. The maximum atomic E-state index is 13.1. The molecule has 0 saturated carbocycles. The van der Waals surface area contributed by atoms with Gasteiger partial charge in [-0.2, -0.15) is 17.5 Å². The van der Waals surface area contributed by atoms with E-state index in [1.165, 1.54) is 16.4 Å². The highest BCUT2D eigenvalue weighted by Gasteiger charge is 2.36. The monoisotopic (exact) mass is 484 g/mol. The second kappa shape index (κ2) is 11.4. The quantitative estimate of drug-likeness (QED) is 0.505. The average molecular weight is 485 g/mol. The summed E-state index contributed by atoms with van der Waals surface area (Å²) in [5.41, 5.74) is 0.257. The van der Waals surface area contributed by atoms with Crippen LogP contribution in [0, 0.1) is 0 Å². The number of halogens is 3. The van der Waals surface area contributed by atoms with Crippen LogP contribution in [0.25, 0.3) is 0 Å². The molecule has 6 nitrogen and oxygen atoms in total. The molecule has 0 aliphatic carbocycles. The van der Waals surface area contributed by atoms with E-state index in [1.54, 1.807) is 30.3 Å². The van der Waals surface area contributed by atoms with E-state index in [0.717, 1.165) is 12.1 Å². The van der Waals surface area contributed by atoms with Crippen LogP contribution >= 0.6 is 0 Å². The van der Waals surface area contributed by atoms with Crippen LogP contribution in [0.1, 0.15) is 42.6 Å². The van der Waals surface area contributed by atoms with E-state index in [-0.39, 0.29) is 21.8 Å². The molecule has 0 aliphatic heterocycles. The smallest absolute Gasteiger partial charge is 0.274 e. The molecule has 180 valence electrons. The third-order valence-electron chi connectivity index (χ3n) is 4.77. The average Bonchev–Trinajstić information content (AvgIpc) is 2.77. The summed E-state index contributed by atoms with van der Waals surface area (Å²) in [4.78, 5) is 25.4. The van der Waals surface area contributed by atoms with Crippen LogP contribution in [0.2, 0.25) is 0 Å². The molecule has 2 rings (SSSR count). The standard InChI is InChI=1S/C23H27F3N2O4S/c1-3-14-27(15-4-2)33(31,32)20-12-10-19(11-13-20)22(30)28(17-23(24,25)26)21(29)16-18-8-6-5-7-9-18/h5-13H,3-4,14-17H2,1-2H3. The molecule has 0 radical (unpaired) electrons. The van der Waals surface area contributed by atoms with E-state index in [9.17, 15) is 31.2 Å². The van der Waals surface area contributed by atoms with Crippen molar-refractivity contribution in [3.8, 4) is 0 Å². The van der Waals surface area contributed by atoms with Gasteiger partial charge in [0.25, 0.3) is 5.91 Å². The van der Waals surface area contributed by atoms with E-state index in [1.807, 2.05) is 13.8 Å². The van der Waals surface area contributed by atoms with Gasteiger partial charge < -0.3 is 0 Å². The molecule has 2 amide bonds. The van der Waals surface area contributed by atoms with Crippen molar-refractivity contribution in [1.29, 1.82) is 0 Å². The number of carbonyl (C=O) groups is 2. The minimum atomic E-state index is -4.79. The first kappa shape index (κ1) is 26.5. The molecule has 0 saturated heterocycles. The second-order valence-corrected chi connectivity index (χ2v) is 9.43. The van der Waals surface area contributed by atoms with Crippen molar-refractivity contribution in [3.05, 3.63) is 65.7 Å². The zero-order valence-electron chi connectivity index (χ0n) is 18.5. The van der Waals surface area contributed by atoms with Crippen molar-refractivity contribution in [2.75, 3.05) is 19.6 Å². The number of hydrogen-bond acceptors (Lipinski definition) is 4. The Morgan fingerprint density at radius 1 is 0.879 bits per heavy atom. The molecule has 0 fully saturated rings. The third-order valence-corrected chi connectivity index (χ3v) is 6.68. The zero-order valence-corrected chi connectivity index (χ0v) is 19.3. The molecule has 10 heteroatoms. The van der Waals surface area contributed by atoms with E-state index in [2.05, 4.69) is 0 Å². The molecule has 0 spiro atoms. The highest BCUT2D eigenvalue weighted by molar-refractivity contribution is 7.89. The summed E-state index contributed by atoms with van der Waals surface area (Å²) in [6.07, 6.45) is -3.93. The maximum Gasteiger partial charge on any atom is 0.406 e. The van der Waals surface area contributed by atoms with Crippen LogP contribution in [-0.4, -0.2) is 55.2 Å². The number of sulfonamides is 1. The van der Waals surface area contributed by atoms with Crippen molar-refractivity contribution >= 4 is 21.8 Å². The Balaban J connectivity index is 2.30. The lowest BCUT2D eigenvalue weighted by atomic mass is 10.1.